The van der Waals surface area contributed by atoms with Gasteiger partial charge in [-0.15, -0.1) is 11.8 Å². The highest BCUT2D eigenvalue weighted by Crippen LogP contribution is 2.39. The molecule has 5 heteroatoms. The van der Waals surface area contributed by atoms with Crippen molar-refractivity contribution < 1.29 is 4.79 Å². The van der Waals surface area contributed by atoms with Gasteiger partial charge in [0.2, 0.25) is 5.91 Å². The van der Waals surface area contributed by atoms with Crippen molar-refractivity contribution in [1.82, 2.24) is 0 Å². The molecule has 1 aliphatic rings. The highest BCUT2D eigenvalue weighted by atomic mass is 32.2. The normalized spacial score (nSPS) is 15.4. The van der Waals surface area contributed by atoms with E-state index >= 15 is 0 Å². The van der Waals surface area contributed by atoms with Crippen LogP contribution in [0.5, 0.6) is 0 Å². The predicted molar refractivity (Wildman–Crippen MR) is 68.8 cm³/mol. The zero-order valence-corrected chi connectivity index (χ0v) is 10.5. The van der Waals surface area contributed by atoms with Gasteiger partial charge in [-0.2, -0.15) is 5.26 Å². The van der Waals surface area contributed by atoms with Crippen LogP contribution in [0.15, 0.2) is 23.1 Å². The smallest absolute Gasteiger partial charge is 0.238 e. The van der Waals surface area contributed by atoms with Gasteiger partial charge in [0, 0.05) is 10.6 Å². The molecule has 2 N–H and O–H groups in total. The molecule has 0 atom stereocenters. The van der Waals surface area contributed by atoms with E-state index in [1.807, 2.05) is 6.07 Å². The molecule has 0 saturated carbocycles. The fourth-order valence-corrected chi connectivity index (χ4v) is 2.70. The van der Waals surface area contributed by atoms with Gasteiger partial charge in [-0.3, -0.25) is 9.69 Å². The lowest BCUT2D eigenvalue weighted by Gasteiger charge is -2.37. The first-order valence-corrected chi connectivity index (χ1v) is 6.21. The van der Waals surface area contributed by atoms with Crippen LogP contribution in [0.1, 0.15) is 13.8 Å². The summed E-state index contributed by atoms with van der Waals surface area (Å²) < 4.78 is 0. The van der Waals surface area contributed by atoms with Crippen LogP contribution in [0, 0.1) is 11.3 Å². The third-order valence-corrected chi connectivity index (χ3v) is 3.70. The molecule has 88 valence electrons. The van der Waals surface area contributed by atoms with Gasteiger partial charge < -0.3 is 5.73 Å². The van der Waals surface area contributed by atoms with Crippen molar-refractivity contribution >= 4 is 29.0 Å². The van der Waals surface area contributed by atoms with Gasteiger partial charge in [0.15, 0.2) is 0 Å². The highest BCUT2D eigenvalue weighted by Gasteiger charge is 2.36. The van der Waals surface area contributed by atoms with Crippen molar-refractivity contribution in [3.63, 3.8) is 0 Å². The third kappa shape index (κ3) is 1.96. The summed E-state index contributed by atoms with van der Waals surface area (Å²) in [5, 5.41) is 9.18. The first kappa shape index (κ1) is 11.8. The number of fused-ring (bicyclic) bond motifs is 1. The molecular weight excluding hydrogens is 234 g/mol. The van der Waals surface area contributed by atoms with Crippen molar-refractivity contribution in [2.75, 3.05) is 16.4 Å². The van der Waals surface area contributed by atoms with E-state index in [4.69, 9.17) is 5.73 Å². The fraction of sp³-hybridized carbons (Fsp3) is 0.333. The molecule has 1 amide bonds. The maximum atomic E-state index is 12.0. The van der Waals surface area contributed by atoms with Crippen LogP contribution in [0.4, 0.5) is 11.4 Å². The van der Waals surface area contributed by atoms with Crippen molar-refractivity contribution in [2.45, 2.75) is 24.3 Å². The molecule has 0 unspecified atom stereocenters. The molecule has 0 aromatic heterocycles. The van der Waals surface area contributed by atoms with E-state index < -0.39 is 5.54 Å². The molecule has 0 saturated heterocycles. The Morgan fingerprint density at radius 3 is 2.88 bits per heavy atom. The minimum atomic E-state index is -0.861. The summed E-state index contributed by atoms with van der Waals surface area (Å²) in [6.07, 6.45) is 0. The SMILES string of the molecule is CC(C)(C#N)N1C(=O)CSc2ccc(N)cc21. The molecule has 0 spiro atoms. The minimum absolute atomic E-state index is 0.0559. The molecule has 0 aliphatic carbocycles. The molecular formula is C12H13N3OS. The lowest BCUT2D eigenvalue weighted by molar-refractivity contribution is -0.117. The number of nitrogens with two attached hydrogens (primary N) is 1. The monoisotopic (exact) mass is 247 g/mol. The van der Waals surface area contributed by atoms with Gasteiger partial charge in [0.1, 0.15) is 5.54 Å². The molecule has 0 fully saturated rings. The predicted octanol–water partition coefficient (Wildman–Crippen LogP) is 2.01. The average molecular weight is 247 g/mol. The first-order chi connectivity index (χ1) is 7.95. The molecule has 1 aromatic carbocycles. The lowest BCUT2D eigenvalue weighted by Crippen LogP contribution is -2.49. The summed E-state index contributed by atoms with van der Waals surface area (Å²) in [5.41, 5.74) is 6.21. The molecule has 4 nitrogen and oxygen atoms in total. The summed E-state index contributed by atoms with van der Waals surface area (Å²) in [4.78, 5) is 14.5. The van der Waals surface area contributed by atoms with Gasteiger partial charge in [-0.1, -0.05) is 0 Å². The molecule has 1 aromatic rings. The minimum Gasteiger partial charge on any atom is -0.399 e. The van der Waals surface area contributed by atoms with Crippen LogP contribution >= 0.6 is 11.8 Å². The first-order valence-electron chi connectivity index (χ1n) is 5.22. The van der Waals surface area contributed by atoms with Gasteiger partial charge in [0.05, 0.1) is 17.5 Å². The number of benzene rings is 1. The molecule has 17 heavy (non-hydrogen) atoms. The zero-order valence-electron chi connectivity index (χ0n) is 9.73. The standard InChI is InChI=1S/C12H13N3OS/c1-12(2,7-13)15-9-5-8(14)3-4-10(9)17-6-11(15)16/h3-5H,6,14H2,1-2H3. The summed E-state index contributed by atoms with van der Waals surface area (Å²) in [6, 6.07) is 7.60. The van der Waals surface area contributed by atoms with E-state index in [-0.39, 0.29) is 5.91 Å². The fourth-order valence-electron chi connectivity index (χ4n) is 1.83. The second kappa shape index (κ2) is 3.97. The van der Waals surface area contributed by atoms with Gasteiger partial charge >= 0.3 is 0 Å². The Labute approximate surface area is 104 Å². The number of carbonyl (C=O) groups is 1. The van der Waals surface area contributed by atoms with Crippen molar-refractivity contribution in [3.05, 3.63) is 18.2 Å². The van der Waals surface area contributed by atoms with Gasteiger partial charge in [-0.25, -0.2) is 0 Å². The Morgan fingerprint density at radius 2 is 2.24 bits per heavy atom. The number of nitriles is 1. The van der Waals surface area contributed by atoms with Gasteiger partial charge in [-0.05, 0) is 32.0 Å². The van der Waals surface area contributed by atoms with Crippen molar-refractivity contribution in [3.8, 4) is 6.07 Å². The molecule has 1 aliphatic heterocycles. The Bertz CT molecular complexity index is 519. The van der Waals surface area contributed by atoms with Crippen LogP contribution in [0.2, 0.25) is 0 Å². The lowest BCUT2D eigenvalue weighted by atomic mass is 10.0. The number of thioether (sulfide) groups is 1. The Hall–Kier alpha value is -1.67. The molecule has 2 rings (SSSR count). The zero-order chi connectivity index (χ0) is 12.6. The number of nitrogens with zero attached hydrogens (tertiary/aromatic N) is 2. The van der Waals surface area contributed by atoms with Crippen LogP contribution in [-0.2, 0) is 4.79 Å². The number of anilines is 2. The summed E-state index contributed by atoms with van der Waals surface area (Å²) in [5.74, 6) is 0.307. The van der Waals surface area contributed by atoms with E-state index in [1.165, 1.54) is 16.7 Å². The maximum absolute atomic E-state index is 12.0. The number of hydrogen-bond donors (Lipinski definition) is 1. The van der Waals surface area contributed by atoms with E-state index in [0.717, 1.165) is 10.6 Å². The second-order valence-electron chi connectivity index (χ2n) is 4.42. The van der Waals surface area contributed by atoms with E-state index in [1.54, 1.807) is 26.0 Å². The summed E-state index contributed by atoms with van der Waals surface area (Å²) in [7, 11) is 0. The number of carbonyl (C=O) groups excluding carboxylic acids is 1. The van der Waals surface area contributed by atoms with E-state index in [2.05, 4.69) is 6.07 Å². The van der Waals surface area contributed by atoms with E-state index in [0.29, 0.717) is 11.4 Å². The summed E-state index contributed by atoms with van der Waals surface area (Å²) in [6.45, 7) is 3.46. The third-order valence-electron chi connectivity index (χ3n) is 2.66. The van der Waals surface area contributed by atoms with Crippen molar-refractivity contribution in [2.24, 2.45) is 0 Å². The Kier molecular flexibility index (Phi) is 2.76. The number of rotatable bonds is 1. The molecule has 0 radical (unpaired) electrons. The topological polar surface area (TPSA) is 70.1 Å². The quantitative estimate of drug-likeness (QED) is 0.771. The van der Waals surface area contributed by atoms with E-state index in [9.17, 15) is 10.1 Å². The highest BCUT2D eigenvalue weighted by molar-refractivity contribution is 8.00. The number of nitrogen functional groups attached to an aromatic ring is 1. The van der Waals surface area contributed by atoms with Crippen molar-refractivity contribution in [1.29, 1.82) is 5.26 Å². The Balaban J connectivity index is 2.58. The molecule has 0 bridgehead atoms. The van der Waals surface area contributed by atoms with Crippen LogP contribution in [0.3, 0.4) is 0 Å². The average Bonchev–Trinajstić information content (AvgIpc) is 2.28. The molecule has 1 heterocycles. The largest absolute Gasteiger partial charge is 0.399 e. The van der Waals surface area contributed by atoms with Crippen LogP contribution in [-0.4, -0.2) is 17.2 Å². The Morgan fingerprint density at radius 1 is 1.53 bits per heavy atom. The van der Waals surface area contributed by atoms with Crippen LogP contribution < -0.4 is 10.6 Å². The number of amides is 1. The van der Waals surface area contributed by atoms with Gasteiger partial charge in [0.25, 0.3) is 0 Å². The summed E-state index contributed by atoms with van der Waals surface area (Å²) >= 11 is 1.48. The van der Waals surface area contributed by atoms with Crippen LogP contribution in [0.25, 0.3) is 0 Å². The maximum Gasteiger partial charge on any atom is 0.238 e. The second-order valence-corrected chi connectivity index (χ2v) is 5.43. The number of hydrogen-bond acceptors (Lipinski definition) is 4.